The van der Waals surface area contributed by atoms with Gasteiger partial charge < -0.3 is 4.57 Å². The van der Waals surface area contributed by atoms with E-state index in [2.05, 4.69) is 10.2 Å². The Morgan fingerprint density at radius 3 is 2.70 bits per heavy atom. The predicted molar refractivity (Wildman–Crippen MR) is 104 cm³/mol. The first-order chi connectivity index (χ1) is 13.0. The van der Waals surface area contributed by atoms with Crippen molar-refractivity contribution >= 4 is 34.8 Å². The van der Waals surface area contributed by atoms with Crippen molar-refractivity contribution in [1.82, 2.24) is 14.8 Å². The summed E-state index contributed by atoms with van der Waals surface area (Å²) in [6.07, 6.45) is 0. The smallest absolute Gasteiger partial charge is 0.270 e. The van der Waals surface area contributed by atoms with Crippen LogP contribution in [-0.4, -0.2) is 31.2 Å². The molecule has 3 aromatic rings. The highest BCUT2D eigenvalue weighted by Crippen LogP contribution is 2.29. The van der Waals surface area contributed by atoms with Gasteiger partial charge in [0.15, 0.2) is 16.8 Å². The summed E-state index contributed by atoms with van der Waals surface area (Å²) in [6.45, 7) is 2.57. The Morgan fingerprint density at radius 1 is 1.22 bits per heavy atom. The molecule has 0 amide bonds. The number of rotatable bonds is 7. The zero-order chi connectivity index (χ0) is 19.4. The Balaban J connectivity index is 1.79. The molecule has 27 heavy (non-hydrogen) atoms. The van der Waals surface area contributed by atoms with Crippen LogP contribution in [0, 0.1) is 10.1 Å². The van der Waals surface area contributed by atoms with Gasteiger partial charge in [0.05, 0.1) is 15.7 Å². The van der Waals surface area contributed by atoms with Crippen LogP contribution in [0.2, 0.25) is 5.02 Å². The first-order valence-electron chi connectivity index (χ1n) is 8.09. The number of nitro benzene ring substituents is 1. The van der Waals surface area contributed by atoms with Gasteiger partial charge in [0, 0.05) is 29.8 Å². The van der Waals surface area contributed by atoms with E-state index in [0.717, 1.165) is 5.56 Å². The molecule has 0 N–H and O–H groups in total. The molecule has 138 valence electrons. The summed E-state index contributed by atoms with van der Waals surface area (Å²) in [4.78, 5) is 22.7. The zero-order valence-corrected chi connectivity index (χ0v) is 15.9. The van der Waals surface area contributed by atoms with E-state index < -0.39 is 4.92 Å². The lowest BCUT2D eigenvalue weighted by Crippen LogP contribution is -2.05. The van der Waals surface area contributed by atoms with Crippen LogP contribution in [0.15, 0.2) is 53.7 Å². The quantitative estimate of drug-likeness (QED) is 0.250. The Kier molecular flexibility index (Phi) is 5.88. The molecule has 3 rings (SSSR count). The largest absolute Gasteiger partial charge is 0.302 e. The van der Waals surface area contributed by atoms with E-state index in [1.165, 1.54) is 30.0 Å². The SMILES string of the molecule is CCn1c(SCC(=O)c2cccc([N+](=O)[O-])c2)nnc1-c1ccccc1Cl. The molecular weight excluding hydrogens is 388 g/mol. The molecule has 0 unspecified atom stereocenters. The number of carbonyl (C=O) groups excluding carboxylic acids is 1. The lowest BCUT2D eigenvalue weighted by molar-refractivity contribution is -0.384. The molecule has 0 spiro atoms. The van der Waals surface area contributed by atoms with Crippen molar-refractivity contribution in [2.24, 2.45) is 0 Å². The van der Waals surface area contributed by atoms with Crippen LogP contribution in [0.25, 0.3) is 11.4 Å². The van der Waals surface area contributed by atoms with Gasteiger partial charge in [-0.05, 0) is 19.1 Å². The summed E-state index contributed by atoms with van der Waals surface area (Å²) < 4.78 is 1.88. The molecule has 0 saturated heterocycles. The number of nitrogens with zero attached hydrogens (tertiary/aromatic N) is 4. The molecule has 0 saturated carbocycles. The van der Waals surface area contributed by atoms with Gasteiger partial charge in [-0.1, -0.05) is 47.6 Å². The van der Waals surface area contributed by atoms with E-state index in [9.17, 15) is 14.9 Å². The molecule has 2 aromatic carbocycles. The van der Waals surface area contributed by atoms with Crippen LogP contribution in [0.1, 0.15) is 17.3 Å². The molecule has 0 aliphatic rings. The van der Waals surface area contributed by atoms with Gasteiger partial charge in [-0.3, -0.25) is 14.9 Å². The predicted octanol–water partition coefficient (Wildman–Crippen LogP) is 4.50. The van der Waals surface area contributed by atoms with Gasteiger partial charge in [-0.25, -0.2) is 0 Å². The maximum atomic E-state index is 12.4. The van der Waals surface area contributed by atoms with E-state index >= 15 is 0 Å². The Labute approximate surface area is 164 Å². The second-order valence-corrected chi connectivity index (χ2v) is 6.90. The Hall–Kier alpha value is -2.71. The number of aromatic nitrogens is 3. The average Bonchev–Trinajstić information content (AvgIpc) is 3.09. The molecule has 0 radical (unpaired) electrons. The van der Waals surface area contributed by atoms with Crippen LogP contribution < -0.4 is 0 Å². The molecule has 1 heterocycles. The van der Waals surface area contributed by atoms with Gasteiger partial charge in [-0.2, -0.15) is 0 Å². The van der Waals surface area contributed by atoms with Crippen molar-refractivity contribution in [2.75, 3.05) is 5.75 Å². The monoisotopic (exact) mass is 402 g/mol. The normalized spacial score (nSPS) is 10.7. The van der Waals surface area contributed by atoms with Crippen LogP contribution in [0.4, 0.5) is 5.69 Å². The van der Waals surface area contributed by atoms with E-state index in [1.807, 2.05) is 29.7 Å². The second kappa shape index (κ2) is 8.32. The number of Topliss-reactive ketones (excluding diaryl/α,β-unsaturated/α-hetero) is 1. The fourth-order valence-corrected chi connectivity index (χ4v) is 3.65. The zero-order valence-electron chi connectivity index (χ0n) is 14.3. The summed E-state index contributed by atoms with van der Waals surface area (Å²) in [5.74, 6) is 0.518. The molecule has 0 aliphatic heterocycles. The van der Waals surface area contributed by atoms with Gasteiger partial charge >= 0.3 is 0 Å². The maximum absolute atomic E-state index is 12.4. The third-order valence-corrected chi connectivity index (χ3v) is 5.16. The minimum absolute atomic E-state index is 0.0990. The number of non-ortho nitro benzene ring substituents is 1. The number of ketones is 1. The first-order valence-corrected chi connectivity index (χ1v) is 9.46. The standard InChI is InChI=1S/C18H15ClN4O3S/c1-2-22-17(14-8-3-4-9-15(14)19)20-21-18(22)27-11-16(24)12-6-5-7-13(10-12)23(25)26/h3-10H,2,11H2,1H3. The lowest BCUT2D eigenvalue weighted by Gasteiger charge is -2.08. The van der Waals surface area contributed by atoms with Crippen LogP contribution in [-0.2, 0) is 6.54 Å². The van der Waals surface area contributed by atoms with E-state index in [-0.39, 0.29) is 17.2 Å². The van der Waals surface area contributed by atoms with Crippen molar-refractivity contribution in [1.29, 1.82) is 0 Å². The van der Waals surface area contributed by atoms with Crippen molar-refractivity contribution < 1.29 is 9.72 Å². The summed E-state index contributed by atoms with van der Waals surface area (Å²) in [5.41, 5.74) is 0.958. The summed E-state index contributed by atoms with van der Waals surface area (Å²) in [5, 5.41) is 20.4. The van der Waals surface area contributed by atoms with Crippen molar-refractivity contribution in [3.8, 4) is 11.4 Å². The second-order valence-electron chi connectivity index (χ2n) is 5.55. The first kappa shape index (κ1) is 19.1. The van der Waals surface area contributed by atoms with Gasteiger partial charge in [-0.15, -0.1) is 10.2 Å². The highest BCUT2D eigenvalue weighted by atomic mass is 35.5. The third kappa shape index (κ3) is 4.17. The average molecular weight is 403 g/mol. The highest BCUT2D eigenvalue weighted by molar-refractivity contribution is 7.99. The number of hydrogen-bond acceptors (Lipinski definition) is 6. The summed E-state index contributed by atoms with van der Waals surface area (Å²) in [7, 11) is 0. The van der Waals surface area contributed by atoms with Crippen LogP contribution in [0.5, 0.6) is 0 Å². The molecule has 9 heteroatoms. The molecule has 0 fully saturated rings. The Bertz CT molecular complexity index is 1010. The summed E-state index contributed by atoms with van der Waals surface area (Å²) >= 11 is 7.48. The lowest BCUT2D eigenvalue weighted by atomic mass is 10.1. The van der Waals surface area contributed by atoms with Crippen LogP contribution >= 0.6 is 23.4 Å². The highest BCUT2D eigenvalue weighted by Gasteiger charge is 2.17. The molecule has 0 atom stereocenters. The van der Waals surface area contributed by atoms with E-state index in [4.69, 9.17) is 11.6 Å². The fourth-order valence-electron chi connectivity index (χ4n) is 2.53. The maximum Gasteiger partial charge on any atom is 0.270 e. The third-order valence-electron chi connectivity index (χ3n) is 3.86. The van der Waals surface area contributed by atoms with Crippen molar-refractivity contribution in [3.05, 3.63) is 69.2 Å². The molecule has 7 nitrogen and oxygen atoms in total. The number of carbonyl (C=O) groups is 1. The topological polar surface area (TPSA) is 90.9 Å². The van der Waals surface area contributed by atoms with E-state index in [0.29, 0.717) is 28.1 Å². The minimum atomic E-state index is -0.520. The molecule has 1 aromatic heterocycles. The van der Waals surface area contributed by atoms with Gasteiger partial charge in [0.25, 0.3) is 5.69 Å². The van der Waals surface area contributed by atoms with Crippen molar-refractivity contribution in [3.63, 3.8) is 0 Å². The number of thioether (sulfide) groups is 1. The van der Waals surface area contributed by atoms with Gasteiger partial charge in [0.1, 0.15) is 0 Å². The summed E-state index contributed by atoms with van der Waals surface area (Å²) in [6, 6.07) is 13.1. The number of hydrogen-bond donors (Lipinski definition) is 0. The molecular formula is C18H15ClN4O3S. The minimum Gasteiger partial charge on any atom is -0.302 e. The van der Waals surface area contributed by atoms with Crippen molar-refractivity contribution in [2.45, 2.75) is 18.6 Å². The van der Waals surface area contributed by atoms with Gasteiger partial charge in [0.2, 0.25) is 0 Å². The molecule has 0 bridgehead atoms. The fraction of sp³-hybridized carbons (Fsp3) is 0.167. The van der Waals surface area contributed by atoms with E-state index in [1.54, 1.807) is 12.1 Å². The Morgan fingerprint density at radius 2 is 2.00 bits per heavy atom. The van der Waals surface area contributed by atoms with Crippen LogP contribution in [0.3, 0.4) is 0 Å². The number of benzene rings is 2. The number of nitro groups is 1. The molecule has 0 aliphatic carbocycles. The number of halogens is 1.